The number of aromatic nitrogens is 2. The second-order valence-corrected chi connectivity index (χ2v) is 16.0. The number of thiazole rings is 2. The van der Waals surface area contributed by atoms with Crippen LogP contribution in [0.1, 0.15) is 76.7 Å². The summed E-state index contributed by atoms with van der Waals surface area (Å²) in [4.78, 5) is 35.0. The molecule has 7 aromatic rings. The number of benzene rings is 5. The number of carbonyl (C=O) groups is 2. The minimum Gasteiger partial charge on any atom is -0.476 e. The SMILES string of the molecule is Cc1ccc(CN(Cc2ccc(F)cc2)Cc2nc(C(=O)O)cs2)cc1.O=C(O)c1csc(CN(CCC(c2ccccc2)c2ccccc2)Cc2ccccc2F)n1. The number of carboxylic acids is 2. The first-order valence-corrected chi connectivity index (χ1v) is 20.8. The maximum absolute atomic E-state index is 14.4. The Morgan fingerprint density at radius 1 is 0.593 bits per heavy atom. The Labute approximate surface area is 350 Å². The number of aromatic carboxylic acids is 2. The molecule has 302 valence electrons. The number of hydrogen-bond acceptors (Lipinski definition) is 8. The lowest BCUT2D eigenvalue weighted by molar-refractivity contribution is 0.0680. The number of nitrogens with zero attached hydrogens (tertiary/aromatic N) is 4. The van der Waals surface area contributed by atoms with Crippen LogP contribution in [0.25, 0.3) is 0 Å². The van der Waals surface area contributed by atoms with Gasteiger partial charge in [-0.05, 0) is 60.3 Å². The molecular weight excluding hydrogens is 787 g/mol. The summed E-state index contributed by atoms with van der Waals surface area (Å²) in [6, 6.07) is 42.3. The third kappa shape index (κ3) is 13.0. The summed E-state index contributed by atoms with van der Waals surface area (Å²) in [6.07, 6.45) is 0.833. The fourth-order valence-corrected chi connectivity index (χ4v) is 8.22. The van der Waals surface area contributed by atoms with Crippen molar-refractivity contribution in [1.29, 1.82) is 0 Å². The zero-order valence-corrected chi connectivity index (χ0v) is 34.1. The van der Waals surface area contributed by atoms with E-state index >= 15 is 0 Å². The molecule has 0 fully saturated rings. The molecular formula is C47H44F2N4O4S2. The standard InChI is InChI=1S/C27H25FN2O2S.C20H19FN2O2S/c28-24-14-8-7-13-22(24)17-30(18-26-29-25(19-33-26)27(31)32)16-15-23(20-9-3-1-4-10-20)21-11-5-2-6-12-21;1-14-2-4-15(5-3-14)10-23(11-16-6-8-17(21)9-7-16)12-19-22-18(13-26-19)20(24)25/h1-14,19,23H,15-18H2,(H,31,32);2-9,13H,10-12H2,1H3,(H,24,25). The Kier molecular flexibility index (Phi) is 15.3. The Morgan fingerprint density at radius 2 is 1.07 bits per heavy atom. The van der Waals surface area contributed by atoms with Gasteiger partial charge in [0.1, 0.15) is 21.6 Å². The van der Waals surface area contributed by atoms with Gasteiger partial charge in [0.05, 0.1) is 13.1 Å². The molecule has 0 saturated heterocycles. The van der Waals surface area contributed by atoms with Crippen LogP contribution in [-0.4, -0.2) is 48.5 Å². The summed E-state index contributed by atoms with van der Waals surface area (Å²) in [5.74, 6) is -2.36. The molecule has 0 bridgehead atoms. The van der Waals surface area contributed by atoms with Crippen LogP contribution in [0, 0.1) is 18.6 Å². The predicted octanol–water partition coefficient (Wildman–Crippen LogP) is 10.7. The predicted molar refractivity (Wildman–Crippen MR) is 229 cm³/mol. The van der Waals surface area contributed by atoms with Gasteiger partial charge in [-0.1, -0.05) is 121 Å². The fourth-order valence-electron chi connectivity index (χ4n) is 6.60. The highest BCUT2D eigenvalue weighted by Gasteiger charge is 2.19. The summed E-state index contributed by atoms with van der Waals surface area (Å²) >= 11 is 2.66. The molecule has 7 rings (SSSR count). The summed E-state index contributed by atoms with van der Waals surface area (Å²) in [7, 11) is 0. The van der Waals surface area contributed by atoms with E-state index in [0.29, 0.717) is 49.8 Å². The maximum atomic E-state index is 14.4. The summed E-state index contributed by atoms with van der Waals surface area (Å²) in [6.45, 7) is 5.47. The molecule has 0 aliphatic heterocycles. The van der Waals surface area contributed by atoms with Gasteiger partial charge >= 0.3 is 11.9 Å². The van der Waals surface area contributed by atoms with Crippen LogP contribution >= 0.6 is 22.7 Å². The van der Waals surface area contributed by atoms with Gasteiger partial charge in [0, 0.05) is 41.9 Å². The summed E-state index contributed by atoms with van der Waals surface area (Å²) < 4.78 is 27.6. The van der Waals surface area contributed by atoms with E-state index in [0.717, 1.165) is 22.6 Å². The molecule has 0 amide bonds. The van der Waals surface area contributed by atoms with Crippen LogP contribution in [0.4, 0.5) is 8.78 Å². The molecule has 0 aliphatic carbocycles. The van der Waals surface area contributed by atoms with Gasteiger partial charge in [-0.3, -0.25) is 9.80 Å². The van der Waals surface area contributed by atoms with E-state index in [1.54, 1.807) is 35.0 Å². The third-order valence-corrected chi connectivity index (χ3v) is 11.3. The summed E-state index contributed by atoms with van der Waals surface area (Å²) in [5, 5.41) is 22.8. The first-order chi connectivity index (χ1) is 28.6. The average molecular weight is 831 g/mol. The first kappa shape index (κ1) is 42.7. The van der Waals surface area contributed by atoms with Crippen LogP contribution in [0.5, 0.6) is 0 Å². The second-order valence-electron chi connectivity index (χ2n) is 14.1. The molecule has 2 N–H and O–H groups in total. The topological polar surface area (TPSA) is 107 Å². The van der Waals surface area contributed by atoms with Gasteiger partial charge in [0.15, 0.2) is 11.4 Å². The molecule has 59 heavy (non-hydrogen) atoms. The van der Waals surface area contributed by atoms with E-state index in [1.165, 1.54) is 57.6 Å². The average Bonchev–Trinajstić information content (AvgIpc) is 3.92. The molecule has 2 heterocycles. The third-order valence-electron chi connectivity index (χ3n) is 9.60. The van der Waals surface area contributed by atoms with Gasteiger partial charge < -0.3 is 10.2 Å². The number of carboxylic acid groups (broad SMARTS) is 2. The molecule has 12 heteroatoms. The van der Waals surface area contributed by atoms with E-state index in [9.17, 15) is 23.5 Å². The lowest BCUT2D eigenvalue weighted by Gasteiger charge is -2.25. The van der Waals surface area contributed by atoms with Crippen LogP contribution < -0.4 is 0 Å². The zero-order valence-electron chi connectivity index (χ0n) is 32.5. The minimum atomic E-state index is -1.04. The minimum absolute atomic E-state index is 0.0484. The maximum Gasteiger partial charge on any atom is 0.355 e. The highest BCUT2D eigenvalue weighted by molar-refractivity contribution is 7.10. The number of hydrogen-bond donors (Lipinski definition) is 2. The van der Waals surface area contributed by atoms with Gasteiger partial charge in [0.25, 0.3) is 0 Å². The first-order valence-electron chi connectivity index (χ1n) is 19.0. The van der Waals surface area contributed by atoms with Crippen LogP contribution in [-0.2, 0) is 32.7 Å². The Morgan fingerprint density at radius 3 is 1.56 bits per heavy atom. The highest BCUT2D eigenvalue weighted by Crippen LogP contribution is 2.29. The lowest BCUT2D eigenvalue weighted by atomic mass is 9.88. The van der Waals surface area contributed by atoms with Gasteiger partial charge in [-0.2, -0.15) is 0 Å². The van der Waals surface area contributed by atoms with E-state index in [2.05, 4.69) is 68.3 Å². The van der Waals surface area contributed by atoms with Crippen molar-refractivity contribution in [2.24, 2.45) is 0 Å². The van der Waals surface area contributed by atoms with E-state index in [1.807, 2.05) is 49.4 Å². The molecule has 0 unspecified atom stereocenters. The molecule has 5 aromatic carbocycles. The molecule has 2 aromatic heterocycles. The van der Waals surface area contributed by atoms with E-state index in [-0.39, 0.29) is 28.9 Å². The van der Waals surface area contributed by atoms with Gasteiger partial charge in [-0.15, -0.1) is 22.7 Å². The number of rotatable bonds is 17. The summed E-state index contributed by atoms with van der Waals surface area (Å²) in [5.41, 5.74) is 6.55. The Balaban J connectivity index is 0.000000204. The zero-order chi connectivity index (χ0) is 41.6. The Bertz CT molecular complexity index is 2300. The van der Waals surface area contributed by atoms with Crippen LogP contribution in [0.15, 0.2) is 144 Å². The van der Waals surface area contributed by atoms with Crippen molar-refractivity contribution in [1.82, 2.24) is 19.8 Å². The van der Waals surface area contributed by atoms with Crippen LogP contribution in [0.3, 0.4) is 0 Å². The lowest BCUT2D eigenvalue weighted by Crippen LogP contribution is -2.26. The molecule has 0 radical (unpaired) electrons. The second kappa shape index (κ2) is 21.2. The molecule has 0 spiro atoms. The molecule has 0 aliphatic rings. The smallest absolute Gasteiger partial charge is 0.355 e. The number of aryl methyl sites for hydroxylation is 1. The van der Waals surface area contributed by atoms with Crippen molar-refractivity contribution >= 4 is 34.6 Å². The Hall–Kier alpha value is -5.92. The van der Waals surface area contributed by atoms with Crippen molar-refractivity contribution < 1.29 is 28.6 Å². The van der Waals surface area contributed by atoms with E-state index in [4.69, 9.17) is 5.11 Å². The van der Waals surface area contributed by atoms with Gasteiger partial charge in [0.2, 0.25) is 0 Å². The molecule has 0 saturated carbocycles. The fraction of sp³-hybridized carbons (Fsp3) is 0.191. The normalized spacial score (nSPS) is 11.2. The van der Waals surface area contributed by atoms with E-state index < -0.39 is 11.9 Å². The van der Waals surface area contributed by atoms with Crippen molar-refractivity contribution in [3.63, 3.8) is 0 Å². The number of halogens is 2. The largest absolute Gasteiger partial charge is 0.476 e. The molecule has 8 nitrogen and oxygen atoms in total. The van der Waals surface area contributed by atoms with Crippen molar-refractivity contribution in [2.45, 2.75) is 52.0 Å². The van der Waals surface area contributed by atoms with Crippen molar-refractivity contribution in [3.05, 3.63) is 211 Å². The monoisotopic (exact) mass is 830 g/mol. The highest BCUT2D eigenvalue weighted by atomic mass is 32.1. The quantitative estimate of drug-likeness (QED) is 0.0934. The van der Waals surface area contributed by atoms with Crippen LogP contribution in [0.2, 0.25) is 0 Å². The van der Waals surface area contributed by atoms with Gasteiger partial charge in [-0.25, -0.2) is 28.3 Å². The van der Waals surface area contributed by atoms with Crippen molar-refractivity contribution in [3.8, 4) is 0 Å². The molecule has 0 atom stereocenters. The van der Waals surface area contributed by atoms with Crippen molar-refractivity contribution in [2.75, 3.05) is 6.54 Å².